The first kappa shape index (κ1) is 16.2. The van der Waals surface area contributed by atoms with Crippen LogP contribution in [-0.2, 0) is 0 Å². The minimum absolute atomic E-state index is 0.201. The molecule has 1 aromatic rings. The van der Waals surface area contributed by atoms with Crippen LogP contribution in [0.2, 0.25) is 0 Å². The van der Waals surface area contributed by atoms with Gasteiger partial charge in [0, 0.05) is 5.41 Å². The molecular weight excluding hydrogens is 256 g/mol. The van der Waals surface area contributed by atoms with Gasteiger partial charge in [-0.05, 0) is 42.9 Å². The Bertz CT molecular complexity index is 342. The molecule has 0 heterocycles. The molecule has 0 atom stereocenters. The fraction of sp³-hybridized carbons (Fsp3) is 0.625. The summed E-state index contributed by atoms with van der Waals surface area (Å²) in [4.78, 5) is 0. The Morgan fingerprint density at radius 1 is 1.00 bits per heavy atom. The lowest BCUT2D eigenvalue weighted by molar-refractivity contribution is 0.143. The zero-order valence-electron chi connectivity index (χ0n) is 12.3. The molecule has 0 radical (unpaired) electrons. The summed E-state index contributed by atoms with van der Waals surface area (Å²) in [6, 6.07) is 7.77. The fourth-order valence-electron chi connectivity index (χ4n) is 2.44. The molecule has 0 saturated heterocycles. The highest BCUT2D eigenvalue weighted by Gasteiger charge is 2.27. The van der Waals surface area contributed by atoms with Crippen molar-refractivity contribution in [2.45, 2.75) is 39.5 Å². The SMILES string of the molecule is CCCC(CS)(CCC)COc1ccc(OC)cc1. The Kier molecular flexibility index (Phi) is 7.14. The van der Waals surface area contributed by atoms with E-state index in [1.54, 1.807) is 7.11 Å². The highest BCUT2D eigenvalue weighted by atomic mass is 32.1. The van der Waals surface area contributed by atoms with Gasteiger partial charge in [0.25, 0.3) is 0 Å². The van der Waals surface area contributed by atoms with Crippen LogP contribution in [0.25, 0.3) is 0 Å². The van der Waals surface area contributed by atoms with Crippen LogP contribution in [-0.4, -0.2) is 19.5 Å². The molecule has 108 valence electrons. The van der Waals surface area contributed by atoms with Crippen LogP contribution in [0, 0.1) is 5.41 Å². The summed E-state index contributed by atoms with van der Waals surface area (Å²) < 4.78 is 11.1. The average molecular weight is 282 g/mol. The lowest BCUT2D eigenvalue weighted by Gasteiger charge is -2.31. The largest absolute Gasteiger partial charge is 0.497 e. The van der Waals surface area contributed by atoms with E-state index < -0.39 is 0 Å². The highest BCUT2D eigenvalue weighted by molar-refractivity contribution is 7.80. The van der Waals surface area contributed by atoms with E-state index in [1.807, 2.05) is 24.3 Å². The first-order chi connectivity index (χ1) is 9.19. The van der Waals surface area contributed by atoms with E-state index >= 15 is 0 Å². The second-order valence-electron chi connectivity index (χ2n) is 5.12. The van der Waals surface area contributed by atoms with E-state index in [1.165, 1.54) is 25.7 Å². The summed E-state index contributed by atoms with van der Waals surface area (Å²) in [6.45, 7) is 5.19. The summed E-state index contributed by atoms with van der Waals surface area (Å²) in [5.74, 6) is 2.64. The van der Waals surface area contributed by atoms with Crippen molar-refractivity contribution in [2.75, 3.05) is 19.5 Å². The maximum absolute atomic E-state index is 5.96. The fourth-order valence-corrected chi connectivity index (χ4v) is 2.85. The summed E-state index contributed by atoms with van der Waals surface area (Å²) in [7, 11) is 1.67. The highest BCUT2D eigenvalue weighted by Crippen LogP contribution is 2.32. The molecule has 0 aliphatic rings. The van der Waals surface area contributed by atoms with Crippen molar-refractivity contribution in [3.63, 3.8) is 0 Å². The van der Waals surface area contributed by atoms with Gasteiger partial charge in [-0.25, -0.2) is 0 Å². The second-order valence-corrected chi connectivity index (χ2v) is 5.44. The van der Waals surface area contributed by atoms with Gasteiger partial charge < -0.3 is 9.47 Å². The van der Waals surface area contributed by atoms with Crippen LogP contribution < -0.4 is 9.47 Å². The van der Waals surface area contributed by atoms with Crippen molar-refractivity contribution in [2.24, 2.45) is 5.41 Å². The normalized spacial score (nSPS) is 11.4. The third-order valence-corrected chi connectivity index (χ3v) is 4.17. The topological polar surface area (TPSA) is 18.5 Å². The maximum atomic E-state index is 5.96. The van der Waals surface area contributed by atoms with Gasteiger partial charge >= 0.3 is 0 Å². The number of hydrogen-bond donors (Lipinski definition) is 1. The molecule has 0 fully saturated rings. The molecule has 0 bridgehead atoms. The van der Waals surface area contributed by atoms with E-state index in [0.29, 0.717) is 0 Å². The Hall–Kier alpha value is -0.830. The maximum Gasteiger partial charge on any atom is 0.119 e. The van der Waals surface area contributed by atoms with Crippen LogP contribution in [0.1, 0.15) is 39.5 Å². The average Bonchev–Trinajstić information content (AvgIpc) is 2.46. The molecule has 0 aromatic heterocycles. The Balaban J connectivity index is 2.63. The molecule has 1 aromatic carbocycles. The number of hydrogen-bond acceptors (Lipinski definition) is 3. The number of benzene rings is 1. The molecule has 0 aliphatic carbocycles. The first-order valence-electron chi connectivity index (χ1n) is 7.07. The lowest BCUT2D eigenvalue weighted by atomic mass is 9.82. The summed E-state index contributed by atoms with van der Waals surface area (Å²) in [5, 5.41) is 0. The van der Waals surface area contributed by atoms with Crippen LogP contribution in [0.4, 0.5) is 0 Å². The van der Waals surface area contributed by atoms with Crippen molar-refractivity contribution in [1.29, 1.82) is 0 Å². The van der Waals surface area contributed by atoms with Crippen molar-refractivity contribution in [3.05, 3.63) is 24.3 Å². The number of rotatable bonds is 9. The van der Waals surface area contributed by atoms with Crippen molar-refractivity contribution in [3.8, 4) is 11.5 Å². The third kappa shape index (κ3) is 4.98. The van der Waals surface area contributed by atoms with Gasteiger partial charge in [-0.15, -0.1) is 0 Å². The van der Waals surface area contributed by atoms with Crippen LogP contribution in [0.3, 0.4) is 0 Å². The molecule has 2 nitrogen and oxygen atoms in total. The zero-order valence-corrected chi connectivity index (χ0v) is 13.2. The third-order valence-electron chi connectivity index (χ3n) is 3.50. The predicted octanol–water partition coefficient (Wildman–Crippen LogP) is 4.59. The van der Waals surface area contributed by atoms with Gasteiger partial charge in [-0.1, -0.05) is 26.7 Å². The minimum atomic E-state index is 0.201. The Morgan fingerprint density at radius 3 is 1.95 bits per heavy atom. The molecule has 1 rings (SSSR count). The van der Waals surface area contributed by atoms with Gasteiger partial charge in [0.15, 0.2) is 0 Å². The van der Waals surface area contributed by atoms with Crippen LogP contribution in [0.15, 0.2) is 24.3 Å². The summed E-state index contributed by atoms with van der Waals surface area (Å²) in [5.41, 5.74) is 0.201. The molecule has 0 N–H and O–H groups in total. The predicted molar refractivity (Wildman–Crippen MR) is 84.6 cm³/mol. The molecular formula is C16H26O2S. The standard InChI is InChI=1S/C16H26O2S/c1-4-10-16(13-19,11-5-2)12-18-15-8-6-14(17-3)7-9-15/h6-9,19H,4-5,10-13H2,1-3H3. The molecule has 0 amide bonds. The Morgan fingerprint density at radius 2 is 1.53 bits per heavy atom. The molecule has 0 unspecified atom stereocenters. The molecule has 3 heteroatoms. The van der Waals surface area contributed by atoms with Crippen molar-refractivity contribution >= 4 is 12.6 Å². The van der Waals surface area contributed by atoms with Gasteiger partial charge in [0.05, 0.1) is 13.7 Å². The van der Waals surface area contributed by atoms with E-state index in [0.717, 1.165) is 23.9 Å². The minimum Gasteiger partial charge on any atom is -0.497 e. The van der Waals surface area contributed by atoms with Crippen molar-refractivity contribution < 1.29 is 9.47 Å². The summed E-state index contributed by atoms with van der Waals surface area (Å²) in [6.07, 6.45) is 4.68. The zero-order chi connectivity index (χ0) is 14.1. The van der Waals surface area contributed by atoms with E-state index in [-0.39, 0.29) is 5.41 Å². The first-order valence-corrected chi connectivity index (χ1v) is 7.70. The lowest BCUT2D eigenvalue weighted by Crippen LogP contribution is -2.30. The molecule has 19 heavy (non-hydrogen) atoms. The van der Waals surface area contributed by atoms with Gasteiger partial charge in [0.2, 0.25) is 0 Å². The van der Waals surface area contributed by atoms with Gasteiger partial charge in [0.1, 0.15) is 11.5 Å². The number of methoxy groups -OCH3 is 1. The van der Waals surface area contributed by atoms with E-state index in [4.69, 9.17) is 9.47 Å². The smallest absolute Gasteiger partial charge is 0.119 e. The quantitative estimate of drug-likeness (QED) is 0.668. The monoisotopic (exact) mass is 282 g/mol. The summed E-state index contributed by atoms with van der Waals surface area (Å²) >= 11 is 4.55. The molecule has 0 aliphatic heterocycles. The van der Waals surface area contributed by atoms with Gasteiger partial charge in [-0.3, -0.25) is 0 Å². The van der Waals surface area contributed by atoms with Gasteiger partial charge in [-0.2, -0.15) is 12.6 Å². The molecule has 0 spiro atoms. The number of thiol groups is 1. The van der Waals surface area contributed by atoms with E-state index in [9.17, 15) is 0 Å². The Labute approximate surface area is 122 Å². The number of ether oxygens (including phenoxy) is 2. The van der Waals surface area contributed by atoms with Crippen molar-refractivity contribution in [1.82, 2.24) is 0 Å². The van der Waals surface area contributed by atoms with E-state index in [2.05, 4.69) is 26.5 Å². The van der Waals surface area contributed by atoms with Crippen LogP contribution >= 0.6 is 12.6 Å². The second kappa shape index (κ2) is 8.36. The molecule has 0 saturated carbocycles. The van der Waals surface area contributed by atoms with Crippen LogP contribution in [0.5, 0.6) is 11.5 Å².